The van der Waals surface area contributed by atoms with Crippen LogP contribution in [0, 0.1) is 0 Å². The second-order valence-electron chi connectivity index (χ2n) is 6.43. The van der Waals surface area contributed by atoms with Crippen molar-refractivity contribution in [1.29, 1.82) is 0 Å². The minimum atomic E-state index is -0.242. The van der Waals surface area contributed by atoms with E-state index in [0.29, 0.717) is 11.5 Å². The third-order valence-electron chi connectivity index (χ3n) is 4.42. The molecule has 1 amide bonds. The molecule has 0 saturated heterocycles. The Morgan fingerprint density at radius 1 is 1.00 bits per heavy atom. The zero-order chi connectivity index (χ0) is 19.8. The second kappa shape index (κ2) is 9.50. The van der Waals surface area contributed by atoms with Gasteiger partial charge >= 0.3 is 0 Å². The summed E-state index contributed by atoms with van der Waals surface area (Å²) in [7, 11) is 1.65. The van der Waals surface area contributed by atoms with Crippen molar-refractivity contribution in [3.8, 4) is 5.75 Å². The average Bonchev–Trinajstić information content (AvgIpc) is 2.75. The van der Waals surface area contributed by atoms with E-state index in [2.05, 4.69) is 20.8 Å². The van der Waals surface area contributed by atoms with Crippen LogP contribution in [-0.2, 0) is 6.42 Å². The number of rotatable bonds is 8. The summed E-state index contributed by atoms with van der Waals surface area (Å²) in [6, 6.07) is 21.1. The number of nitrogens with zero attached hydrogens (tertiary/aromatic N) is 2. The fourth-order valence-electron chi connectivity index (χ4n) is 2.77. The lowest BCUT2D eigenvalue weighted by molar-refractivity contribution is 0.0934. The van der Waals surface area contributed by atoms with Crippen LogP contribution in [-0.4, -0.2) is 29.8 Å². The minimum absolute atomic E-state index is 0.0993. The van der Waals surface area contributed by atoms with E-state index < -0.39 is 0 Å². The van der Waals surface area contributed by atoms with Gasteiger partial charge in [0, 0.05) is 6.54 Å². The van der Waals surface area contributed by atoms with Gasteiger partial charge in [-0.3, -0.25) is 4.79 Å². The lowest BCUT2D eigenvalue weighted by atomic mass is 10.1. The molecule has 1 unspecified atom stereocenters. The topological polar surface area (TPSA) is 76.1 Å². The fourth-order valence-corrected chi connectivity index (χ4v) is 2.77. The highest BCUT2D eigenvalue weighted by molar-refractivity contribution is 5.92. The third-order valence-corrected chi connectivity index (χ3v) is 4.42. The standard InChI is InChI=1S/C22H24N4O2/c1-16(18-6-4-3-5-7-18)24-22(27)20-12-13-21(26-25-20)23-15-14-17-8-10-19(28-2)11-9-17/h3-13,16H,14-15H2,1-2H3,(H,23,26)(H,24,27). The molecule has 144 valence electrons. The molecule has 0 aliphatic heterocycles. The second-order valence-corrected chi connectivity index (χ2v) is 6.43. The van der Waals surface area contributed by atoms with E-state index in [9.17, 15) is 4.79 Å². The summed E-state index contributed by atoms with van der Waals surface area (Å²) in [5.41, 5.74) is 2.54. The SMILES string of the molecule is COc1ccc(CCNc2ccc(C(=O)NC(C)c3ccccc3)nn2)cc1. The number of hydrogen-bond donors (Lipinski definition) is 2. The molecular formula is C22H24N4O2. The van der Waals surface area contributed by atoms with Gasteiger partial charge in [0.25, 0.3) is 5.91 Å². The van der Waals surface area contributed by atoms with Crippen molar-refractivity contribution in [1.82, 2.24) is 15.5 Å². The van der Waals surface area contributed by atoms with Crippen LogP contribution in [0.15, 0.2) is 66.7 Å². The van der Waals surface area contributed by atoms with Crippen molar-refractivity contribution in [3.05, 3.63) is 83.6 Å². The Morgan fingerprint density at radius 3 is 2.39 bits per heavy atom. The number of carbonyl (C=O) groups is 1. The molecule has 0 spiro atoms. The highest BCUT2D eigenvalue weighted by Crippen LogP contribution is 2.13. The molecule has 28 heavy (non-hydrogen) atoms. The van der Waals surface area contributed by atoms with Crippen molar-refractivity contribution in [2.75, 3.05) is 19.0 Å². The van der Waals surface area contributed by atoms with E-state index in [-0.39, 0.29) is 11.9 Å². The van der Waals surface area contributed by atoms with Crippen molar-refractivity contribution < 1.29 is 9.53 Å². The molecule has 3 rings (SSSR count). The van der Waals surface area contributed by atoms with Gasteiger partial charge in [-0.1, -0.05) is 42.5 Å². The van der Waals surface area contributed by atoms with Crippen molar-refractivity contribution in [3.63, 3.8) is 0 Å². The number of nitrogens with one attached hydrogen (secondary N) is 2. The van der Waals surface area contributed by atoms with Gasteiger partial charge in [0.1, 0.15) is 11.6 Å². The number of benzene rings is 2. The molecule has 6 nitrogen and oxygen atoms in total. The molecule has 3 aromatic rings. The van der Waals surface area contributed by atoms with E-state index in [1.165, 1.54) is 5.56 Å². The zero-order valence-corrected chi connectivity index (χ0v) is 16.1. The summed E-state index contributed by atoms with van der Waals surface area (Å²) in [5.74, 6) is 1.24. The monoisotopic (exact) mass is 376 g/mol. The highest BCUT2D eigenvalue weighted by atomic mass is 16.5. The number of anilines is 1. The summed E-state index contributed by atoms with van der Waals surface area (Å²) < 4.78 is 5.16. The van der Waals surface area contributed by atoms with Crippen LogP contribution in [0.4, 0.5) is 5.82 Å². The number of carbonyl (C=O) groups excluding carboxylic acids is 1. The van der Waals surface area contributed by atoms with E-state index in [4.69, 9.17) is 4.74 Å². The lowest BCUT2D eigenvalue weighted by Gasteiger charge is -2.13. The maximum absolute atomic E-state index is 12.3. The first-order valence-electron chi connectivity index (χ1n) is 9.22. The Hall–Kier alpha value is -3.41. The molecule has 2 aromatic carbocycles. The number of hydrogen-bond acceptors (Lipinski definition) is 5. The number of aromatic nitrogens is 2. The molecule has 0 radical (unpaired) electrons. The Labute approximate surface area is 165 Å². The van der Waals surface area contributed by atoms with Crippen LogP contribution in [0.1, 0.15) is 34.6 Å². The molecule has 1 heterocycles. The molecule has 0 fully saturated rings. The van der Waals surface area contributed by atoms with Gasteiger partial charge in [-0.2, -0.15) is 0 Å². The van der Waals surface area contributed by atoms with Crippen molar-refractivity contribution >= 4 is 11.7 Å². The van der Waals surface area contributed by atoms with Gasteiger partial charge in [-0.15, -0.1) is 10.2 Å². The predicted octanol–water partition coefficient (Wildman–Crippen LogP) is 3.63. The Kier molecular flexibility index (Phi) is 6.57. The van der Waals surface area contributed by atoms with Gasteiger partial charge in [0.15, 0.2) is 5.69 Å². The molecular weight excluding hydrogens is 352 g/mol. The lowest BCUT2D eigenvalue weighted by Crippen LogP contribution is -2.27. The predicted molar refractivity (Wildman–Crippen MR) is 110 cm³/mol. The van der Waals surface area contributed by atoms with E-state index in [1.54, 1.807) is 19.2 Å². The first kappa shape index (κ1) is 19.4. The van der Waals surface area contributed by atoms with Crippen LogP contribution >= 0.6 is 0 Å². The first-order chi connectivity index (χ1) is 13.7. The maximum atomic E-state index is 12.3. The van der Waals surface area contributed by atoms with Crippen LogP contribution in [0.25, 0.3) is 0 Å². The number of amides is 1. The Bertz CT molecular complexity index is 881. The van der Waals surface area contributed by atoms with Gasteiger partial charge in [-0.05, 0) is 48.7 Å². The molecule has 1 atom stereocenters. The van der Waals surface area contributed by atoms with Crippen LogP contribution in [0.2, 0.25) is 0 Å². The summed E-state index contributed by atoms with van der Waals surface area (Å²) in [6.07, 6.45) is 0.850. The molecule has 0 bridgehead atoms. The summed E-state index contributed by atoms with van der Waals surface area (Å²) in [5, 5.41) is 14.3. The largest absolute Gasteiger partial charge is 0.497 e. The fraction of sp³-hybridized carbons (Fsp3) is 0.227. The molecule has 0 saturated carbocycles. The normalized spacial score (nSPS) is 11.5. The minimum Gasteiger partial charge on any atom is -0.497 e. The van der Waals surface area contributed by atoms with Gasteiger partial charge < -0.3 is 15.4 Å². The summed E-state index contributed by atoms with van der Waals surface area (Å²) >= 11 is 0. The molecule has 6 heteroatoms. The Balaban J connectivity index is 1.49. The summed E-state index contributed by atoms with van der Waals surface area (Å²) in [4.78, 5) is 12.3. The summed E-state index contributed by atoms with van der Waals surface area (Å²) in [6.45, 7) is 2.66. The van der Waals surface area contributed by atoms with Gasteiger partial charge in [-0.25, -0.2) is 0 Å². The quantitative estimate of drug-likeness (QED) is 0.628. The van der Waals surface area contributed by atoms with Crippen LogP contribution in [0.5, 0.6) is 5.75 Å². The first-order valence-corrected chi connectivity index (χ1v) is 9.22. The highest BCUT2D eigenvalue weighted by Gasteiger charge is 2.13. The van der Waals surface area contributed by atoms with Crippen LogP contribution < -0.4 is 15.4 Å². The van der Waals surface area contributed by atoms with Gasteiger partial charge in [0.2, 0.25) is 0 Å². The molecule has 0 aliphatic rings. The average molecular weight is 376 g/mol. The Morgan fingerprint density at radius 2 is 1.75 bits per heavy atom. The zero-order valence-electron chi connectivity index (χ0n) is 16.1. The third kappa shape index (κ3) is 5.30. The number of ether oxygens (including phenoxy) is 1. The van der Waals surface area contributed by atoms with Crippen molar-refractivity contribution in [2.24, 2.45) is 0 Å². The van der Waals surface area contributed by atoms with Gasteiger partial charge in [0.05, 0.1) is 13.2 Å². The molecule has 2 N–H and O–H groups in total. The molecule has 1 aromatic heterocycles. The molecule has 0 aliphatic carbocycles. The maximum Gasteiger partial charge on any atom is 0.272 e. The van der Waals surface area contributed by atoms with E-state index in [1.807, 2.05) is 61.5 Å². The van der Waals surface area contributed by atoms with E-state index >= 15 is 0 Å². The van der Waals surface area contributed by atoms with E-state index in [0.717, 1.165) is 24.3 Å². The number of methoxy groups -OCH3 is 1. The van der Waals surface area contributed by atoms with Crippen molar-refractivity contribution in [2.45, 2.75) is 19.4 Å². The van der Waals surface area contributed by atoms with Crippen LogP contribution in [0.3, 0.4) is 0 Å². The smallest absolute Gasteiger partial charge is 0.272 e.